The first kappa shape index (κ1) is 30.1. The Balaban J connectivity index is 1.73. The fourth-order valence-corrected chi connectivity index (χ4v) is 5.38. The minimum Gasteiger partial charge on any atom is -0.507 e. The maximum absolute atomic E-state index is 13.8. The number of ketones is 1. The molecule has 0 bridgehead atoms. The van der Waals surface area contributed by atoms with Crippen molar-refractivity contribution in [3.8, 4) is 34.8 Å². The molecular weight excluding hydrogens is 540 g/mol. The number of phenols is 1. The number of benzene rings is 2. The predicted molar refractivity (Wildman–Crippen MR) is 156 cm³/mol. The molecule has 1 atom stereocenters. The van der Waals surface area contributed by atoms with Gasteiger partial charge in [0.25, 0.3) is 5.91 Å². The van der Waals surface area contributed by atoms with Crippen molar-refractivity contribution in [3.63, 3.8) is 0 Å². The van der Waals surface area contributed by atoms with E-state index in [1.807, 2.05) is 26.8 Å². The number of hydrogen-bond donors (Lipinski definition) is 3. The molecule has 10 nitrogen and oxygen atoms in total. The van der Waals surface area contributed by atoms with Gasteiger partial charge in [-0.3, -0.25) is 9.59 Å². The number of aliphatic hydroxyl groups is 1. The summed E-state index contributed by atoms with van der Waals surface area (Å²) in [6, 6.07) is 3.19. The van der Waals surface area contributed by atoms with Crippen LogP contribution in [0.15, 0.2) is 40.5 Å². The number of aliphatic hydroxyl groups excluding tert-OH is 1. The summed E-state index contributed by atoms with van der Waals surface area (Å²) in [6.45, 7) is 11.1. The zero-order chi connectivity index (χ0) is 30.9. The van der Waals surface area contributed by atoms with Crippen molar-refractivity contribution in [2.45, 2.75) is 53.5 Å². The lowest BCUT2D eigenvalue weighted by molar-refractivity contribution is -0.119. The van der Waals surface area contributed by atoms with Gasteiger partial charge in [-0.1, -0.05) is 11.1 Å². The molecule has 0 radical (unpaired) electrons. The molecule has 1 aliphatic heterocycles. The number of amides is 1. The van der Waals surface area contributed by atoms with E-state index in [1.165, 1.54) is 33.3 Å². The third kappa shape index (κ3) is 4.81. The van der Waals surface area contributed by atoms with Gasteiger partial charge in [0.15, 0.2) is 11.5 Å². The molecule has 2 aromatic carbocycles. The largest absolute Gasteiger partial charge is 0.507 e. The number of carbonyl (C=O) groups excluding carboxylic acids is 2. The number of hydrogen-bond acceptors (Lipinski definition) is 9. The molecule has 220 valence electrons. The Kier molecular flexibility index (Phi) is 8.25. The Labute approximate surface area is 244 Å². The molecule has 10 heteroatoms. The molecule has 1 amide bonds. The summed E-state index contributed by atoms with van der Waals surface area (Å²) in [5.74, 6) is 4.71. The fourth-order valence-electron chi connectivity index (χ4n) is 5.38. The molecule has 0 saturated carbocycles. The number of oxime groups is 1. The van der Waals surface area contributed by atoms with E-state index < -0.39 is 17.1 Å². The smallest absolute Gasteiger partial charge is 0.259 e. The minimum atomic E-state index is -1.55. The van der Waals surface area contributed by atoms with Crippen molar-refractivity contribution in [2.24, 2.45) is 5.16 Å². The van der Waals surface area contributed by atoms with Crippen LogP contribution in [0, 0.1) is 32.6 Å². The van der Waals surface area contributed by atoms with E-state index >= 15 is 0 Å². The molecule has 0 spiro atoms. The third-order valence-corrected chi connectivity index (χ3v) is 7.78. The summed E-state index contributed by atoms with van der Waals surface area (Å²) in [5.41, 5.74) is 2.33. The van der Waals surface area contributed by atoms with E-state index in [9.17, 15) is 19.8 Å². The average Bonchev–Trinajstić information content (AvgIpc) is 3.24. The van der Waals surface area contributed by atoms with Crippen LogP contribution in [0.2, 0.25) is 0 Å². The first-order valence-electron chi connectivity index (χ1n) is 13.2. The molecule has 0 fully saturated rings. The second-order valence-corrected chi connectivity index (χ2v) is 10.2. The van der Waals surface area contributed by atoms with E-state index in [0.29, 0.717) is 0 Å². The molecule has 1 heterocycles. The third-order valence-electron chi connectivity index (χ3n) is 7.78. The number of ether oxygens (including phenoxy) is 3. The first-order valence-corrected chi connectivity index (χ1v) is 13.2. The maximum atomic E-state index is 13.8. The summed E-state index contributed by atoms with van der Waals surface area (Å²) in [5, 5.41) is 28.5. The van der Waals surface area contributed by atoms with Crippen LogP contribution < -0.4 is 19.5 Å². The van der Waals surface area contributed by atoms with Crippen molar-refractivity contribution in [2.75, 3.05) is 20.8 Å². The summed E-state index contributed by atoms with van der Waals surface area (Å²) in [7, 11) is 2.69. The quantitative estimate of drug-likeness (QED) is 0.236. The number of carbonyl (C=O) groups is 2. The fraction of sp³-hybridized carbons (Fsp3) is 0.344. The van der Waals surface area contributed by atoms with Gasteiger partial charge in [0.1, 0.15) is 53.5 Å². The lowest BCUT2D eigenvalue weighted by atomic mass is 9.71. The normalized spacial score (nSPS) is 17.4. The van der Waals surface area contributed by atoms with Crippen molar-refractivity contribution in [1.82, 2.24) is 5.32 Å². The van der Waals surface area contributed by atoms with Crippen LogP contribution in [0.3, 0.4) is 0 Å². The second-order valence-electron chi connectivity index (χ2n) is 10.2. The first-order chi connectivity index (χ1) is 19.9. The molecule has 2 aliphatic rings. The lowest BCUT2D eigenvalue weighted by Gasteiger charge is -2.28. The van der Waals surface area contributed by atoms with Gasteiger partial charge < -0.3 is 34.6 Å². The van der Waals surface area contributed by atoms with E-state index in [0.717, 1.165) is 28.0 Å². The van der Waals surface area contributed by atoms with Gasteiger partial charge in [-0.05, 0) is 69.9 Å². The van der Waals surface area contributed by atoms with Gasteiger partial charge in [0, 0.05) is 18.7 Å². The Morgan fingerprint density at radius 1 is 1.14 bits per heavy atom. The zero-order valence-electron chi connectivity index (χ0n) is 24.9. The highest BCUT2D eigenvalue weighted by atomic mass is 16.6. The summed E-state index contributed by atoms with van der Waals surface area (Å²) in [4.78, 5) is 32.3. The highest BCUT2D eigenvalue weighted by Gasteiger charge is 2.55. The van der Waals surface area contributed by atoms with Gasteiger partial charge in [0.2, 0.25) is 0 Å². The van der Waals surface area contributed by atoms with Crippen LogP contribution in [0.1, 0.15) is 58.9 Å². The number of aryl methyl sites for hydroxylation is 1. The molecule has 3 N–H and O–H groups in total. The number of fused-ring (bicyclic) bond motifs is 3. The van der Waals surface area contributed by atoms with Crippen LogP contribution in [-0.2, 0) is 21.6 Å². The van der Waals surface area contributed by atoms with Gasteiger partial charge in [-0.25, -0.2) is 0 Å². The average molecular weight is 575 g/mol. The zero-order valence-corrected chi connectivity index (χ0v) is 24.9. The van der Waals surface area contributed by atoms with Crippen LogP contribution in [0.25, 0.3) is 0 Å². The number of Topliss-reactive ketones (excluding diaryl/α,β-unsaturated/α-hetero) is 1. The van der Waals surface area contributed by atoms with Crippen LogP contribution in [0.5, 0.6) is 23.0 Å². The second kappa shape index (κ2) is 11.5. The predicted octanol–water partition coefficient (Wildman–Crippen LogP) is 4.61. The van der Waals surface area contributed by atoms with E-state index in [1.54, 1.807) is 13.8 Å². The molecular formula is C32H34N2O8. The molecule has 0 unspecified atom stereocenters. The summed E-state index contributed by atoms with van der Waals surface area (Å²) < 4.78 is 17.3. The van der Waals surface area contributed by atoms with E-state index in [4.69, 9.17) is 19.0 Å². The molecule has 42 heavy (non-hydrogen) atoms. The Bertz CT molecular complexity index is 1650. The molecule has 4 rings (SSSR count). The van der Waals surface area contributed by atoms with Gasteiger partial charge in [-0.2, -0.15) is 0 Å². The lowest BCUT2D eigenvalue weighted by Crippen LogP contribution is -2.38. The summed E-state index contributed by atoms with van der Waals surface area (Å²) in [6.07, 6.45) is 1.28. The number of aromatic hydroxyl groups is 1. The van der Waals surface area contributed by atoms with Crippen molar-refractivity contribution in [1.29, 1.82) is 0 Å². The minimum absolute atomic E-state index is 0.00284. The van der Waals surface area contributed by atoms with E-state index in [2.05, 4.69) is 22.3 Å². The Hall–Kier alpha value is -4.91. The van der Waals surface area contributed by atoms with Crippen molar-refractivity contribution < 1.29 is 38.9 Å². The van der Waals surface area contributed by atoms with Gasteiger partial charge >= 0.3 is 0 Å². The molecule has 0 aromatic heterocycles. The monoisotopic (exact) mass is 574 g/mol. The van der Waals surface area contributed by atoms with E-state index in [-0.39, 0.29) is 64.3 Å². The van der Waals surface area contributed by atoms with Gasteiger partial charge in [-0.15, -0.1) is 5.92 Å². The number of methoxy groups -OCH3 is 1. The number of nitrogens with zero attached hydrogens (tertiary/aromatic N) is 1. The van der Waals surface area contributed by atoms with Crippen molar-refractivity contribution in [3.05, 3.63) is 68.7 Å². The number of rotatable bonds is 8. The highest BCUT2D eigenvalue weighted by Crippen LogP contribution is 2.56. The number of phenolic OH excluding ortho intramolecular Hbond substituents is 1. The number of allylic oxidation sites excluding steroid dienone is 3. The Morgan fingerprint density at radius 2 is 1.86 bits per heavy atom. The van der Waals surface area contributed by atoms with Crippen molar-refractivity contribution >= 4 is 17.4 Å². The highest BCUT2D eigenvalue weighted by molar-refractivity contribution is 6.27. The molecule has 2 aromatic rings. The molecule has 1 aliphatic carbocycles. The maximum Gasteiger partial charge on any atom is 0.259 e. The van der Waals surface area contributed by atoms with Crippen LogP contribution >= 0.6 is 0 Å². The van der Waals surface area contributed by atoms with Gasteiger partial charge in [0.05, 0.1) is 24.0 Å². The van der Waals surface area contributed by atoms with Crippen LogP contribution in [0.4, 0.5) is 0 Å². The SMILES string of the molecule is CC#CCOc1cc(C)c(CNC(=O)c2c(OC)cc(O)c3c2OC2=CC(O)=C(C(C)=NOC)C(=O)[C@]23C)c(C)c1C. The Morgan fingerprint density at radius 3 is 2.50 bits per heavy atom. The molecule has 0 saturated heterocycles. The number of nitrogens with one attached hydrogen (secondary N) is 1. The van der Waals surface area contributed by atoms with Crippen LogP contribution in [-0.4, -0.2) is 48.4 Å². The summed E-state index contributed by atoms with van der Waals surface area (Å²) >= 11 is 0. The topological polar surface area (TPSA) is 136 Å². The standard InChI is InChI=1S/C32H34N2O8/c1-9-10-11-41-23-12-16(2)20(17(3)18(23)4)15-33-31(38)27-24(39-7)13-22(36)28-29(27)42-25-14-21(35)26(19(5)34-40-8)30(37)32(25,28)6/h12-14,35-36H,11,15H2,1-8H3,(H,33,38)/t32-/m1/s1.